The Morgan fingerprint density at radius 1 is 1.20 bits per heavy atom. The van der Waals surface area contributed by atoms with Crippen LogP contribution in [0.2, 0.25) is 0 Å². The molecule has 1 fully saturated rings. The first-order valence-corrected chi connectivity index (χ1v) is 8.55. The van der Waals surface area contributed by atoms with Crippen molar-refractivity contribution in [2.24, 2.45) is 4.99 Å². The summed E-state index contributed by atoms with van der Waals surface area (Å²) >= 11 is 1.53. The van der Waals surface area contributed by atoms with Crippen molar-refractivity contribution in [1.29, 1.82) is 0 Å². The SMILES string of the molecule is CCCCC[C@H]1O[C@@H]2SC(NCCC)=N[C@@H]2[C@@H](O)[C@@H]1O. The number of rotatable bonds is 6. The number of thioether (sulfide) groups is 1. The van der Waals surface area contributed by atoms with Crippen LogP contribution in [0.25, 0.3) is 0 Å². The molecular weight excluding hydrogens is 276 g/mol. The number of hydrogen-bond donors (Lipinski definition) is 3. The van der Waals surface area contributed by atoms with Crippen molar-refractivity contribution >= 4 is 16.9 Å². The molecule has 2 heterocycles. The number of ether oxygens (including phenoxy) is 1. The summed E-state index contributed by atoms with van der Waals surface area (Å²) in [6.45, 7) is 5.11. The fraction of sp³-hybridized carbons (Fsp3) is 0.929. The van der Waals surface area contributed by atoms with E-state index in [9.17, 15) is 10.2 Å². The Bertz CT molecular complexity index is 340. The molecule has 3 N–H and O–H groups in total. The predicted molar refractivity (Wildman–Crippen MR) is 81.9 cm³/mol. The van der Waals surface area contributed by atoms with E-state index in [-0.39, 0.29) is 17.6 Å². The second-order valence-electron chi connectivity index (χ2n) is 5.49. The van der Waals surface area contributed by atoms with E-state index < -0.39 is 12.2 Å². The summed E-state index contributed by atoms with van der Waals surface area (Å²) < 4.78 is 5.95. The van der Waals surface area contributed by atoms with Crippen LogP contribution < -0.4 is 5.32 Å². The number of aliphatic hydroxyl groups is 2. The normalized spacial score (nSPS) is 36.6. The lowest BCUT2D eigenvalue weighted by molar-refractivity contribution is -0.154. The number of hydrogen-bond acceptors (Lipinski definition) is 6. The zero-order valence-corrected chi connectivity index (χ0v) is 13.1. The van der Waals surface area contributed by atoms with Gasteiger partial charge in [0.05, 0.1) is 6.10 Å². The van der Waals surface area contributed by atoms with Crippen LogP contribution in [-0.4, -0.2) is 51.7 Å². The Kier molecular flexibility index (Phi) is 6.14. The van der Waals surface area contributed by atoms with Crippen LogP contribution in [0.5, 0.6) is 0 Å². The predicted octanol–water partition coefficient (Wildman–Crippen LogP) is 1.48. The van der Waals surface area contributed by atoms with Gasteiger partial charge in [-0.1, -0.05) is 44.9 Å². The van der Waals surface area contributed by atoms with E-state index in [2.05, 4.69) is 24.2 Å². The lowest BCUT2D eigenvalue weighted by atomic mass is 9.95. The number of nitrogens with zero attached hydrogens (tertiary/aromatic N) is 1. The molecule has 0 saturated carbocycles. The highest BCUT2D eigenvalue weighted by Crippen LogP contribution is 2.37. The molecule has 0 bridgehead atoms. The molecule has 0 aromatic carbocycles. The minimum absolute atomic E-state index is 0.167. The van der Waals surface area contributed by atoms with Crippen molar-refractivity contribution in [3.63, 3.8) is 0 Å². The first-order valence-electron chi connectivity index (χ1n) is 7.67. The third-order valence-corrected chi connectivity index (χ3v) is 4.88. The van der Waals surface area contributed by atoms with Gasteiger partial charge in [0.1, 0.15) is 23.7 Å². The van der Waals surface area contributed by atoms with E-state index in [0.29, 0.717) is 0 Å². The zero-order valence-electron chi connectivity index (χ0n) is 12.3. The lowest BCUT2D eigenvalue weighted by Crippen LogP contribution is -2.54. The van der Waals surface area contributed by atoms with Gasteiger partial charge in [-0.3, -0.25) is 4.99 Å². The van der Waals surface area contributed by atoms with Crippen LogP contribution in [0, 0.1) is 0 Å². The van der Waals surface area contributed by atoms with Crippen LogP contribution in [0.3, 0.4) is 0 Å². The summed E-state index contributed by atoms with van der Waals surface area (Å²) in [7, 11) is 0. The van der Waals surface area contributed by atoms with Crippen molar-refractivity contribution in [1.82, 2.24) is 5.32 Å². The summed E-state index contributed by atoms with van der Waals surface area (Å²) in [5, 5.41) is 24.5. The summed E-state index contributed by atoms with van der Waals surface area (Å²) in [6, 6.07) is -0.350. The maximum Gasteiger partial charge on any atom is 0.159 e. The second-order valence-corrected chi connectivity index (χ2v) is 6.58. The molecular formula is C14H26N2O3S. The van der Waals surface area contributed by atoms with E-state index in [0.717, 1.165) is 43.8 Å². The lowest BCUT2D eigenvalue weighted by Gasteiger charge is -2.38. The van der Waals surface area contributed by atoms with Gasteiger partial charge >= 0.3 is 0 Å². The van der Waals surface area contributed by atoms with Crippen molar-refractivity contribution in [2.45, 2.75) is 75.7 Å². The molecule has 5 atom stereocenters. The minimum atomic E-state index is -0.831. The van der Waals surface area contributed by atoms with Crippen LogP contribution in [-0.2, 0) is 4.74 Å². The quantitative estimate of drug-likeness (QED) is 0.648. The van der Waals surface area contributed by atoms with Gasteiger partial charge in [-0.15, -0.1) is 0 Å². The summed E-state index contributed by atoms with van der Waals surface area (Å²) in [5.41, 5.74) is -0.167. The highest BCUT2D eigenvalue weighted by molar-refractivity contribution is 8.14. The maximum atomic E-state index is 10.2. The number of aliphatic imine (C=N–C) groups is 1. The average molecular weight is 302 g/mol. The van der Waals surface area contributed by atoms with E-state index in [1.807, 2.05) is 0 Å². The number of amidine groups is 1. The molecule has 0 aliphatic carbocycles. The van der Waals surface area contributed by atoms with E-state index in [4.69, 9.17) is 4.74 Å². The van der Waals surface area contributed by atoms with Crippen molar-refractivity contribution in [3.05, 3.63) is 0 Å². The molecule has 0 unspecified atom stereocenters. The molecule has 2 aliphatic rings. The van der Waals surface area contributed by atoms with Crippen LogP contribution in [0.4, 0.5) is 0 Å². The van der Waals surface area contributed by atoms with Crippen molar-refractivity contribution < 1.29 is 14.9 Å². The Labute approximate surface area is 125 Å². The second kappa shape index (κ2) is 7.64. The number of fused-ring (bicyclic) bond motifs is 1. The van der Waals surface area contributed by atoms with Gasteiger partial charge in [0, 0.05) is 6.54 Å². The number of unbranched alkanes of at least 4 members (excludes halogenated alkanes) is 2. The summed E-state index contributed by atoms with van der Waals surface area (Å²) in [6.07, 6.45) is 3.19. The Morgan fingerprint density at radius 2 is 2.00 bits per heavy atom. The van der Waals surface area contributed by atoms with E-state index in [1.54, 1.807) is 0 Å². The Hall–Kier alpha value is -0.300. The molecule has 0 aromatic heterocycles. The average Bonchev–Trinajstić information content (AvgIpc) is 2.85. The molecule has 116 valence electrons. The minimum Gasteiger partial charge on any atom is -0.388 e. The highest BCUT2D eigenvalue weighted by atomic mass is 32.2. The first-order chi connectivity index (χ1) is 9.67. The Morgan fingerprint density at radius 3 is 2.70 bits per heavy atom. The molecule has 0 radical (unpaired) electrons. The molecule has 0 spiro atoms. The molecule has 1 saturated heterocycles. The molecule has 6 heteroatoms. The monoisotopic (exact) mass is 302 g/mol. The third-order valence-electron chi connectivity index (χ3n) is 3.78. The van der Waals surface area contributed by atoms with E-state index >= 15 is 0 Å². The van der Waals surface area contributed by atoms with Gasteiger partial charge in [-0.25, -0.2) is 0 Å². The Balaban J connectivity index is 1.91. The fourth-order valence-corrected chi connectivity index (χ4v) is 3.73. The van der Waals surface area contributed by atoms with Gasteiger partial charge in [0.25, 0.3) is 0 Å². The highest BCUT2D eigenvalue weighted by Gasteiger charge is 2.47. The standard InChI is InChI=1S/C14H26N2O3S/c1-3-5-6-7-9-11(17)12(18)10-13(19-9)20-14(16-10)15-8-4-2/h9-13,17-18H,3-8H2,1-2H3,(H,15,16)/t9-,10-,11-,12-,13-/m1/s1. The number of nitrogens with one attached hydrogen (secondary N) is 1. The summed E-state index contributed by atoms with van der Waals surface area (Å²) in [4.78, 5) is 4.44. The summed E-state index contributed by atoms with van der Waals surface area (Å²) in [5.74, 6) is 0. The molecule has 0 aromatic rings. The zero-order chi connectivity index (χ0) is 14.5. The first kappa shape index (κ1) is 16.1. The molecule has 20 heavy (non-hydrogen) atoms. The topological polar surface area (TPSA) is 74.1 Å². The largest absolute Gasteiger partial charge is 0.388 e. The van der Waals surface area contributed by atoms with Crippen LogP contribution >= 0.6 is 11.8 Å². The van der Waals surface area contributed by atoms with Gasteiger partial charge < -0.3 is 20.3 Å². The molecule has 5 nitrogen and oxygen atoms in total. The van der Waals surface area contributed by atoms with Crippen LogP contribution in [0.15, 0.2) is 4.99 Å². The van der Waals surface area contributed by atoms with E-state index in [1.165, 1.54) is 11.8 Å². The van der Waals surface area contributed by atoms with Gasteiger partial charge in [-0.05, 0) is 12.8 Å². The van der Waals surface area contributed by atoms with Crippen molar-refractivity contribution in [3.8, 4) is 0 Å². The van der Waals surface area contributed by atoms with Crippen LogP contribution in [0.1, 0.15) is 46.0 Å². The maximum absolute atomic E-state index is 10.2. The fourth-order valence-electron chi connectivity index (χ4n) is 2.58. The molecule has 0 amide bonds. The van der Waals surface area contributed by atoms with Gasteiger partial charge in [0.15, 0.2) is 5.17 Å². The molecule has 2 aliphatic heterocycles. The van der Waals surface area contributed by atoms with Gasteiger partial charge in [-0.2, -0.15) is 0 Å². The third kappa shape index (κ3) is 3.67. The number of aliphatic hydroxyl groups excluding tert-OH is 2. The van der Waals surface area contributed by atoms with Gasteiger partial charge in [0.2, 0.25) is 0 Å². The van der Waals surface area contributed by atoms with Crippen molar-refractivity contribution in [2.75, 3.05) is 6.54 Å². The smallest absolute Gasteiger partial charge is 0.159 e. The molecule has 2 rings (SSSR count).